The van der Waals surface area contributed by atoms with Gasteiger partial charge in [-0.2, -0.15) is 0 Å². The van der Waals surface area contributed by atoms with Crippen LogP contribution in [0.2, 0.25) is 0 Å². The number of likely N-dealkylation sites (N-methyl/N-ethyl adjacent to an activating group) is 1. The smallest absolute Gasteiger partial charge is 0.323 e. The van der Waals surface area contributed by atoms with Crippen molar-refractivity contribution >= 4 is 5.97 Å². The number of hydrogen-bond acceptors (Lipinski definition) is 5. The van der Waals surface area contributed by atoms with Crippen molar-refractivity contribution < 1.29 is 14.3 Å². The first-order valence-electron chi connectivity index (χ1n) is 7.45. The molecule has 1 heterocycles. The van der Waals surface area contributed by atoms with E-state index in [9.17, 15) is 4.79 Å². The molecule has 1 rings (SSSR count). The average Bonchev–Trinajstić information content (AvgIpc) is 2.44. The number of morpholine rings is 1. The molecule has 0 aromatic carbocycles. The highest BCUT2D eigenvalue weighted by molar-refractivity contribution is 5.75. The van der Waals surface area contributed by atoms with Crippen LogP contribution in [0.5, 0.6) is 0 Å². The van der Waals surface area contributed by atoms with E-state index in [1.807, 2.05) is 13.8 Å². The van der Waals surface area contributed by atoms with Crippen LogP contribution in [0, 0.1) is 0 Å². The molecule has 0 bridgehead atoms. The Balaban J connectivity index is 2.35. The van der Waals surface area contributed by atoms with Crippen molar-refractivity contribution in [1.29, 1.82) is 0 Å². The Morgan fingerprint density at radius 3 is 2.89 bits per heavy atom. The highest BCUT2D eigenvalue weighted by Crippen LogP contribution is 2.09. The fourth-order valence-electron chi connectivity index (χ4n) is 2.33. The molecule has 1 aliphatic rings. The summed E-state index contributed by atoms with van der Waals surface area (Å²) in [6.45, 7) is 10.9. The summed E-state index contributed by atoms with van der Waals surface area (Å²) in [5.41, 5.74) is 0. The SMILES string of the molecule is CCNC(CCN1CCOC(CC)C1)C(=O)OCC. The fraction of sp³-hybridized carbons (Fsp3) is 0.929. The first-order chi connectivity index (χ1) is 9.21. The zero-order chi connectivity index (χ0) is 14.1. The van der Waals surface area contributed by atoms with E-state index < -0.39 is 0 Å². The predicted molar refractivity (Wildman–Crippen MR) is 75.2 cm³/mol. The van der Waals surface area contributed by atoms with Crippen LogP contribution < -0.4 is 5.32 Å². The zero-order valence-corrected chi connectivity index (χ0v) is 12.5. The number of carbonyl (C=O) groups is 1. The molecule has 19 heavy (non-hydrogen) atoms. The van der Waals surface area contributed by atoms with E-state index in [0.717, 1.165) is 45.6 Å². The van der Waals surface area contributed by atoms with Gasteiger partial charge in [0.1, 0.15) is 6.04 Å². The number of esters is 1. The van der Waals surface area contributed by atoms with Crippen LogP contribution in [0.3, 0.4) is 0 Å². The Morgan fingerprint density at radius 2 is 2.26 bits per heavy atom. The lowest BCUT2D eigenvalue weighted by molar-refractivity contribution is -0.146. The summed E-state index contributed by atoms with van der Waals surface area (Å²) in [6.07, 6.45) is 2.18. The molecule has 0 aromatic rings. The number of ether oxygens (including phenoxy) is 2. The molecule has 2 unspecified atom stereocenters. The number of nitrogens with zero attached hydrogens (tertiary/aromatic N) is 1. The van der Waals surface area contributed by atoms with Crippen LogP contribution in [0.25, 0.3) is 0 Å². The minimum Gasteiger partial charge on any atom is -0.465 e. The molecule has 5 heteroatoms. The zero-order valence-electron chi connectivity index (χ0n) is 12.5. The Labute approximate surface area is 116 Å². The molecule has 0 amide bonds. The summed E-state index contributed by atoms with van der Waals surface area (Å²) in [5.74, 6) is -0.135. The van der Waals surface area contributed by atoms with Crippen molar-refractivity contribution in [2.45, 2.75) is 45.8 Å². The van der Waals surface area contributed by atoms with Gasteiger partial charge in [-0.25, -0.2) is 0 Å². The summed E-state index contributed by atoms with van der Waals surface area (Å²) in [6, 6.07) is -0.187. The van der Waals surface area contributed by atoms with Crippen molar-refractivity contribution in [3.05, 3.63) is 0 Å². The van der Waals surface area contributed by atoms with Gasteiger partial charge in [0.15, 0.2) is 0 Å². The Kier molecular flexibility index (Phi) is 8.02. The minimum absolute atomic E-state index is 0.135. The van der Waals surface area contributed by atoms with Crippen molar-refractivity contribution in [3.63, 3.8) is 0 Å². The summed E-state index contributed by atoms with van der Waals surface area (Å²) in [4.78, 5) is 14.2. The Bertz CT molecular complexity index is 261. The molecular weight excluding hydrogens is 244 g/mol. The molecule has 2 atom stereocenters. The number of nitrogens with one attached hydrogen (secondary N) is 1. The molecule has 0 saturated carbocycles. The van der Waals surface area contributed by atoms with Crippen molar-refractivity contribution in [1.82, 2.24) is 10.2 Å². The standard InChI is InChI=1S/C14H28N2O3/c1-4-12-11-16(9-10-19-12)8-7-13(15-5-2)14(17)18-6-3/h12-13,15H,4-11H2,1-3H3. The number of carbonyl (C=O) groups excluding carboxylic acids is 1. The fourth-order valence-corrected chi connectivity index (χ4v) is 2.33. The maximum Gasteiger partial charge on any atom is 0.323 e. The number of hydrogen-bond donors (Lipinski definition) is 1. The third kappa shape index (κ3) is 5.89. The van der Waals surface area contributed by atoms with E-state index in [1.165, 1.54) is 0 Å². The van der Waals surface area contributed by atoms with Crippen molar-refractivity contribution in [2.24, 2.45) is 0 Å². The second kappa shape index (κ2) is 9.28. The Morgan fingerprint density at radius 1 is 1.47 bits per heavy atom. The van der Waals surface area contributed by atoms with Gasteiger partial charge in [-0.05, 0) is 26.3 Å². The first-order valence-corrected chi connectivity index (χ1v) is 7.45. The maximum absolute atomic E-state index is 11.8. The lowest BCUT2D eigenvalue weighted by atomic mass is 10.1. The highest BCUT2D eigenvalue weighted by Gasteiger charge is 2.23. The van der Waals surface area contributed by atoms with Crippen LogP contribution in [0.4, 0.5) is 0 Å². The number of rotatable bonds is 8. The van der Waals surface area contributed by atoms with Crippen molar-refractivity contribution in [2.75, 3.05) is 39.4 Å². The maximum atomic E-state index is 11.8. The molecule has 0 spiro atoms. The van der Waals surface area contributed by atoms with Crippen LogP contribution in [0.15, 0.2) is 0 Å². The van der Waals surface area contributed by atoms with Gasteiger partial charge in [0.05, 0.1) is 19.3 Å². The highest BCUT2D eigenvalue weighted by atomic mass is 16.5. The average molecular weight is 272 g/mol. The van der Waals surface area contributed by atoms with Crippen LogP contribution in [-0.2, 0) is 14.3 Å². The summed E-state index contributed by atoms with van der Waals surface area (Å²) in [5, 5.41) is 3.20. The van der Waals surface area contributed by atoms with Gasteiger partial charge in [0, 0.05) is 19.6 Å². The molecule has 1 N–H and O–H groups in total. The molecule has 5 nitrogen and oxygen atoms in total. The lowest BCUT2D eigenvalue weighted by Crippen LogP contribution is -2.46. The van der Waals surface area contributed by atoms with E-state index in [1.54, 1.807) is 0 Å². The Hall–Kier alpha value is -0.650. The van der Waals surface area contributed by atoms with Gasteiger partial charge in [-0.3, -0.25) is 9.69 Å². The lowest BCUT2D eigenvalue weighted by Gasteiger charge is -2.33. The third-order valence-corrected chi connectivity index (χ3v) is 3.43. The van der Waals surface area contributed by atoms with Gasteiger partial charge in [-0.15, -0.1) is 0 Å². The van der Waals surface area contributed by atoms with E-state index >= 15 is 0 Å². The second-order valence-corrected chi connectivity index (χ2v) is 4.85. The minimum atomic E-state index is -0.187. The van der Waals surface area contributed by atoms with Crippen LogP contribution >= 0.6 is 0 Å². The molecule has 1 fully saturated rings. The molecule has 0 aromatic heterocycles. The van der Waals surface area contributed by atoms with Crippen LogP contribution in [0.1, 0.15) is 33.6 Å². The van der Waals surface area contributed by atoms with Gasteiger partial charge >= 0.3 is 5.97 Å². The normalized spacial score (nSPS) is 22.2. The van der Waals surface area contributed by atoms with Crippen molar-refractivity contribution in [3.8, 4) is 0 Å². The monoisotopic (exact) mass is 272 g/mol. The molecule has 0 aliphatic carbocycles. The summed E-state index contributed by atoms with van der Waals surface area (Å²) in [7, 11) is 0. The van der Waals surface area contributed by atoms with Crippen LogP contribution in [-0.4, -0.2) is 62.4 Å². The molecule has 1 aliphatic heterocycles. The summed E-state index contributed by atoms with van der Waals surface area (Å²) >= 11 is 0. The largest absolute Gasteiger partial charge is 0.465 e. The third-order valence-electron chi connectivity index (χ3n) is 3.43. The predicted octanol–water partition coefficient (Wildman–Crippen LogP) is 1.03. The van der Waals surface area contributed by atoms with E-state index in [4.69, 9.17) is 9.47 Å². The quantitative estimate of drug-likeness (QED) is 0.669. The van der Waals surface area contributed by atoms with Gasteiger partial charge in [-0.1, -0.05) is 13.8 Å². The molecule has 112 valence electrons. The van der Waals surface area contributed by atoms with Gasteiger partial charge in [0.2, 0.25) is 0 Å². The van der Waals surface area contributed by atoms with Gasteiger partial charge < -0.3 is 14.8 Å². The molecular formula is C14H28N2O3. The summed E-state index contributed by atoms with van der Waals surface area (Å²) < 4.78 is 10.7. The van der Waals surface area contributed by atoms with E-state index in [-0.39, 0.29) is 12.0 Å². The van der Waals surface area contributed by atoms with E-state index in [2.05, 4.69) is 17.1 Å². The topological polar surface area (TPSA) is 50.8 Å². The van der Waals surface area contributed by atoms with E-state index in [0.29, 0.717) is 12.7 Å². The second-order valence-electron chi connectivity index (χ2n) is 4.85. The first kappa shape index (κ1) is 16.4. The molecule has 0 radical (unpaired) electrons. The molecule has 1 saturated heterocycles. The van der Waals surface area contributed by atoms with Gasteiger partial charge in [0.25, 0.3) is 0 Å².